The standard InChI is InChI=1S/C21H34ClN3S2/c1-24-18-6-7-21(24)20(15-25(11-13-27)10-8-23-9-12-26)19(14-18)16-2-4-17(22)5-3-16/h2-5,18-21,23,26-27H,6-15H2,1H3/p-2/t18-,19+,20-,21+/m0/s1. The first-order valence-corrected chi connectivity index (χ1v) is 11.7. The number of halogens is 1. The summed E-state index contributed by atoms with van der Waals surface area (Å²) in [5, 5.41) is 4.27. The number of rotatable bonds is 10. The van der Waals surface area contributed by atoms with Crippen LogP contribution >= 0.6 is 11.6 Å². The minimum Gasteiger partial charge on any atom is -0.791 e. The van der Waals surface area contributed by atoms with Gasteiger partial charge in [0.05, 0.1) is 0 Å². The fraction of sp³-hybridized carbons (Fsp3) is 0.714. The Kier molecular flexibility index (Phi) is 8.67. The molecule has 0 saturated carbocycles. The van der Waals surface area contributed by atoms with Crippen molar-refractivity contribution in [3.8, 4) is 0 Å². The van der Waals surface area contributed by atoms with E-state index in [1.54, 1.807) is 0 Å². The Labute approximate surface area is 181 Å². The molecule has 2 heterocycles. The Balaban J connectivity index is 1.73. The first kappa shape index (κ1) is 21.8. The molecule has 2 bridgehead atoms. The number of hydrogen-bond acceptors (Lipinski definition) is 5. The Morgan fingerprint density at radius 1 is 1.11 bits per heavy atom. The van der Waals surface area contributed by atoms with Gasteiger partial charge < -0.3 is 40.4 Å². The number of piperidine rings is 1. The highest BCUT2D eigenvalue weighted by Gasteiger charge is 2.46. The van der Waals surface area contributed by atoms with Crippen LogP contribution in [0, 0.1) is 5.92 Å². The monoisotopic (exact) mass is 425 g/mol. The van der Waals surface area contributed by atoms with E-state index < -0.39 is 0 Å². The van der Waals surface area contributed by atoms with Gasteiger partial charge in [-0.3, -0.25) is 0 Å². The Bertz CT molecular complexity index is 571. The number of fused-ring (bicyclic) bond motifs is 2. The molecule has 2 fully saturated rings. The Morgan fingerprint density at radius 2 is 1.89 bits per heavy atom. The van der Waals surface area contributed by atoms with Gasteiger partial charge in [0, 0.05) is 36.7 Å². The quantitative estimate of drug-likeness (QED) is 0.457. The van der Waals surface area contributed by atoms with E-state index in [1.807, 2.05) is 12.1 Å². The molecule has 0 radical (unpaired) electrons. The maximum Gasteiger partial charge on any atom is 0.0406 e. The fourth-order valence-electron chi connectivity index (χ4n) is 5.08. The zero-order valence-electron chi connectivity index (χ0n) is 16.3. The van der Waals surface area contributed by atoms with Gasteiger partial charge in [-0.25, -0.2) is 0 Å². The third kappa shape index (κ3) is 5.58. The largest absolute Gasteiger partial charge is 0.791 e. The predicted octanol–water partition coefficient (Wildman–Crippen LogP) is 2.89. The van der Waals surface area contributed by atoms with Crippen molar-refractivity contribution >= 4 is 36.9 Å². The molecule has 27 heavy (non-hydrogen) atoms. The van der Waals surface area contributed by atoms with Gasteiger partial charge in [-0.15, -0.1) is 0 Å². The van der Waals surface area contributed by atoms with Crippen LogP contribution in [0.1, 0.15) is 30.7 Å². The molecule has 1 aromatic rings. The minimum atomic E-state index is 0.615. The zero-order valence-corrected chi connectivity index (χ0v) is 18.7. The van der Waals surface area contributed by atoms with Crippen LogP contribution in [0.4, 0.5) is 0 Å². The topological polar surface area (TPSA) is 18.5 Å². The van der Waals surface area contributed by atoms with Crippen LogP contribution in [0.5, 0.6) is 0 Å². The van der Waals surface area contributed by atoms with Gasteiger partial charge in [0.1, 0.15) is 0 Å². The number of nitrogens with zero attached hydrogens (tertiary/aromatic N) is 2. The van der Waals surface area contributed by atoms with Gasteiger partial charge >= 0.3 is 0 Å². The van der Waals surface area contributed by atoms with E-state index in [0.29, 0.717) is 17.9 Å². The molecule has 1 aromatic carbocycles. The first-order chi connectivity index (χ1) is 13.1. The smallest absolute Gasteiger partial charge is 0.0406 e. The van der Waals surface area contributed by atoms with Gasteiger partial charge in [0.25, 0.3) is 0 Å². The second-order valence-electron chi connectivity index (χ2n) is 7.98. The summed E-state index contributed by atoms with van der Waals surface area (Å²) in [4.78, 5) is 5.22. The maximum absolute atomic E-state index is 6.15. The Morgan fingerprint density at radius 3 is 2.59 bits per heavy atom. The van der Waals surface area contributed by atoms with Crippen LogP contribution in [-0.2, 0) is 25.3 Å². The van der Waals surface area contributed by atoms with Crippen molar-refractivity contribution < 1.29 is 0 Å². The van der Waals surface area contributed by atoms with Crippen LogP contribution < -0.4 is 5.32 Å². The Hall–Kier alpha value is 0.0900. The predicted molar refractivity (Wildman–Crippen MR) is 121 cm³/mol. The van der Waals surface area contributed by atoms with Crippen molar-refractivity contribution in [2.24, 2.45) is 5.92 Å². The van der Waals surface area contributed by atoms with Crippen LogP contribution in [0.3, 0.4) is 0 Å². The molecule has 0 aromatic heterocycles. The molecule has 3 nitrogen and oxygen atoms in total. The molecule has 4 atom stereocenters. The third-order valence-electron chi connectivity index (χ3n) is 6.49. The average Bonchev–Trinajstić information content (AvgIpc) is 2.91. The number of nitrogens with one attached hydrogen (secondary N) is 1. The lowest BCUT2D eigenvalue weighted by Crippen LogP contribution is -2.50. The molecule has 0 aliphatic carbocycles. The normalized spacial score (nSPS) is 28.2. The summed E-state index contributed by atoms with van der Waals surface area (Å²) >= 11 is 16.5. The van der Waals surface area contributed by atoms with Crippen molar-refractivity contribution in [1.29, 1.82) is 0 Å². The lowest BCUT2D eigenvalue weighted by Gasteiger charge is -2.45. The van der Waals surface area contributed by atoms with E-state index in [4.69, 9.17) is 36.9 Å². The van der Waals surface area contributed by atoms with Crippen LogP contribution in [0.2, 0.25) is 5.02 Å². The van der Waals surface area contributed by atoms with Crippen molar-refractivity contribution in [1.82, 2.24) is 15.1 Å². The highest BCUT2D eigenvalue weighted by atomic mass is 35.5. The molecule has 1 N–H and O–H groups in total. The first-order valence-electron chi connectivity index (χ1n) is 10.2. The summed E-state index contributed by atoms with van der Waals surface area (Å²) in [6.07, 6.45) is 3.92. The summed E-state index contributed by atoms with van der Waals surface area (Å²) < 4.78 is 0. The van der Waals surface area contributed by atoms with E-state index in [9.17, 15) is 0 Å². The SMILES string of the molecule is CN1[C@H]2CC[C@@H]1[C@@H](CN(CC[S-])CCNCC[S-])[C@@H](c1ccc(Cl)cc1)C2. The summed E-state index contributed by atoms with van der Waals surface area (Å²) in [6, 6.07) is 9.99. The second-order valence-corrected chi connectivity index (χ2v) is 9.23. The molecule has 0 unspecified atom stereocenters. The van der Waals surface area contributed by atoms with Crippen molar-refractivity contribution in [2.75, 3.05) is 51.3 Å². The summed E-state index contributed by atoms with van der Waals surface area (Å²) in [7, 11) is 2.33. The molecule has 0 amide bonds. The molecule has 3 rings (SSSR count). The summed E-state index contributed by atoms with van der Waals surface area (Å²) in [6.45, 7) is 5.08. The second kappa shape index (κ2) is 10.7. The van der Waals surface area contributed by atoms with Crippen molar-refractivity contribution in [3.05, 3.63) is 34.9 Å². The molecule has 0 spiro atoms. The van der Waals surface area contributed by atoms with Crippen LogP contribution in [0.15, 0.2) is 24.3 Å². The van der Waals surface area contributed by atoms with E-state index in [2.05, 4.69) is 34.3 Å². The van der Waals surface area contributed by atoms with Gasteiger partial charge in [-0.2, -0.15) is 11.5 Å². The van der Waals surface area contributed by atoms with Gasteiger partial charge in [-0.05, 0) is 68.9 Å². The highest BCUT2D eigenvalue weighted by Crippen LogP contribution is 2.46. The van der Waals surface area contributed by atoms with E-state index >= 15 is 0 Å². The highest BCUT2D eigenvalue weighted by molar-refractivity contribution is 7.58. The average molecular weight is 426 g/mol. The van der Waals surface area contributed by atoms with Gasteiger partial charge in [-0.1, -0.05) is 23.7 Å². The molecule has 2 aliphatic heterocycles. The van der Waals surface area contributed by atoms with E-state index in [0.717, 1.165) is 55.3 Å². The fourth-order valence-corrected chi connectivity index (χ4v) is 5.60. The third-order valence-corrected chi connectivity index (χ3v) is 7.13. The molecular weight excluding hydrogens is 394 g/mol. The minimum absolute atomic E-state index is 0.615. The molecular formula is C21H32ClN3S2-2. The van der Waals surface area contributed by atoms with Crippen LogP contribution in [-0.4, -0.2) is 73.2 Å². The zero-order chi connectivity index (χ0) is 19.2. The van der Waals surface area contributed by atoms with E-state index in [1.165, 1.54) is 24.8 Å². The number of benzene rings is 1. The van der Waals surface area contributed by atoms with E-state index in [-0.39, 0.29) is 0 Å². The lowest BCUT2D eigenvalue weighted by molar-refractivity contribution is 0.0728. The molecule has 6 heteroatoms. The molecule has 2 saturated heterocycles. The van der Waals surface area contributed by atoms with Crippen molar-refractivity contribution in [3.63, 3.8) is 0 Å². The molecule has 2 aliphatic rings. The maximum atomic E-state index is 6.15. The molecule has 152 valence electrons. The van der Waals surface area contributed by atoms with Crippen molar-refractivity contribution in [2.45, 2.75) is 37.3 Å². The lowest BCUT2D eigenvalue weighted by atomic mass is 9.76. The summed E-state index contributed by atoms with van der Waals surface area (Å²) in [5.74, 6) is 2.83. The van der Waals surface area contributed by atoms with Gasteiger partial charge in [0.15, 0.2) is 0 Å². The van der Waals surface area contributed by atoms with Crippen LogP contribution in [0.25, 0.3) is 0 Å². The number of hydrogen-bond donors (Lipinski definition) is 1. The van der Waals surface area contributed by atoms with Gasteiger partial charge in [0.2, 0.25) is 0 Å². The summed E-state index contributed by atoms with van der Waals surface area (Å²) in [5.41, 5.74) is 1.46.